The fourth-order valence-electron chi connectivity index (χ4n) is 6.84. The molecule has 1 aromatic heterocycles. The van der Waals surface area contributed by atoms with Gasteiger partial charge in [0.1, 0.15) is 29.6 Å². The minimum atomic E-state index is -3.61. The van der Waals surface area contributed by atoms with Crippen LogP contribution in [-0.2, 0) is 11.3 Å². The highest BCUT2D eigenvalue weighted by molar-refractivity contribution is 6.02. The Bertz CT molecular complexity index is 1680. The minimum Gasteiger partial charge on any atom is -0.495 e. The fourth-order valence-corrected chi connectivity index (χ4v) is 6.84. The number of piperidine rings is 1. The van der Waals surface area contributed by atoms with Crippen LogP contribution in [0.3, 0.4) is 0 Å². The molecule has 0 bridgehead atoms. The molecule has 1 aliphatic carbocycles. The average molecular weight is 697 g/mol. The normalized spacial score (nSPS) is 18.5. The number of carbonyl (C=O) groups excluding carboxylic acids is 2. The summed E-state index contributed by atoms with van der Waals surface area (Å²) >= 11 is 0. The summed E-state index contributed by atoms with van der Waals surface area (Å²) in [6, 6.07) is 10.0. The van der Waals surface area contributed by atoms with E-state index in [0.717, 1.165) is 54.8 Å². The molecule has 0 radical (unpaired) electrons. The molecular formula is C35H43F3N8O4. The predicted octanol–water partition coefficient (Wildman–Crippen LogP) is 4.46. The number of aromatic nitrogens is 2. The van der Waals surface area contributed by atoms with Crippen molar-refractivity contribution in [3.63, 3.8) is 0 Å². The van der Waals surface area contributed by atoms with Crippen LogP contribution in [0, 0.1) is 5.82 Å². The minimum absolute atomic E-state index is 0.00431. The first-order valence-corrected chi connectivity index (χ1v) is 17.0. The number of hydrogen-bond acceptors (Lipinski definition) is 10. The molecule has 2 aliphatic heterocycles. The third-order valence-corrected chi connectivity index (χ3v) is 9.55. The lowest BCUT2D eigenvalue weighted by Crippen LogP contribution is -2.48. The number of alkyl halides is 2. The second kappa shape index (κ2) is 15.1. The van der Waals surface area contributed by atoms with Crippen LogP contribution in [0.25, 0.3) is 0 Å². The molecule has 0 unspecified atom stereocenters. The van der Waals surface area contributed by atoms with Gasteiger partial charge in [-0.25, -0.2) is 9.37 Å². The van der Waals surface area contributed by atoms with Crippen LogP contribution >= 0.6 is 0 Å². The van der Waals surface area contributed by atoms with Crippen molar-refractivity contribution in [1.29, 1.82) is 0 Å². The lowest BCUT2D eigenvalue weighted by molar-refractivity contribution is -0.140. The van der Waals surface area contributed by atoms with Crippen molar-refractivity contribution in [2.45, 2.75) is 63.1 Å². The van der Waals surface area contributed by atoms with Gasteiger partial charge in [0.25, 0.3) is 11.8 Å². The van der Waals surface area contributed by atoms with Crippen molar-refractivity contribution in [1.82, 2.24) is 20.2 Å². The Morgan fingerprint density at radius 1 is 1.10 bits per heavy atom. The van der Waals surface area contributed by atoms with Gasteiger partial charge >= 0.3 is 5.92 Å². The zero-order chi connectivity index (χ0) is 35.4. The van der Waals surface area contributed by atoms with E-state index >= 15 is 4.39 Å². The summed E-state index contributed by atoms with van der Waals surface area (Å²) in [5, 5.41) is 5.88. The number of amides is 2. The van der Waals surface area contributed by atoms with E-state index in [4.69, 9.17) is 15.2 Å². The largest absolute Gasteiger partial charge is 0.495 e. The average Bonchev–Trinajstić information content (AvgIpc) is 3.63. The van der Waals surface area contributed by atoms with E-state index in [1.807, 2.05) is 24.3 Å². The van der Waals surface area contributed by atoms with Crippen LogP contribution in [0.2, 0.25) is 0 Å². The number of likely N-dealkylation sites (tertiary alicyclic amines) is 1. The SMILES string of the molecule is COc1cc(C(=O)NC2CCN(Cc3ccc(OCCN)cc3)CC2)c(F)cc1Nc1ncc2c(n1)N(C1CCCC1)CC(F)(F)C(=O)N2C. The molecule has 0 spiro atoms. The maximum absolute atomic E-state index is 15.5. The smallest absolute Gasteiger partial charge is 0.342 e. The number of benzene rings is 2. The highest BCUT2D eigenvalue weighted by atomic mass is 19.3. The Morgan fingerprint density at radius 2 is 1.82 bits per heavy atom. The summed E-state index contributed by atoms with van der Waals surface area (Å²) in [4.78, 5) is 39.3. The van der Waals surface area contributed by atoms with Crippen molar-refractivity contribution in [3.05, 3.63) is 59.5 Å². The van der Waals surface area contributed by atoms with Crippen LogP contribution in [0.1, 0.15) is 54.4 Å². The van der Waals surface area contributed by atoms with E-state index in [2.05, 4.69) is 25.5 Å². The van der Waals surface area contributed by atoms with Gasteiger partial charge < -0.3 is 35.6 Å². The first kappa shape index (κ1) is 35.2. The third-order valence-electron chi connectivity index (χ3n) is 9.55. The van der Waals surface area contributed by atoms with Gasteiger partial charge in [-0.1, -0.05) is 25.0 Å². The number of anilines is 4. The number of rotatable bonds is 11. The Labute approximate surface area is 289 Å². The Balaban J connectivity index is 1.11. The van der Waals surface area contributed by atoms with Gasteiger partial charge in [-0.2, -0.15) is 13.8 Å². The van der Waals surface area contributed by atoms with Gasteiger partial charge in [0, 0.05) is 51.4 Å². The summed E-state index contributed by atoms with van der Waals surface area (Å²) < 4.78 is 56.5. The molecule has 3 heterocycles. The zero-order valence-corrected chi connectivity index (χ0v) is 28.3. The number of carbonyl (C=O) groups is 2. The molecule has 3 aromatic rings. The Morgan fingerprint density at radius 3 is 2.50 bits per heavy atom. The monoisotopic (exact) mass is 696 g/mol. The number of nitrogens with one attached hydrogen (secondary N) is 2. The molecule has 12 nitrogen and oxygen atoms in total. The number of nitrogens with two attached hydrogens (primary N) is 1. The molecule has 6 rings (SSSR count). The maximum atomic E-state index is 15.5. The van der Waals surface area contributed by atoms with E-state index in [1.54, 1.807) is 0 Å². The predicted molar refractivity (Wildman–Crippen MR) is 183 cm³/mol. The maximum Gasteiger partial charge on any atom is 0.342 e. The summed E-state index contributed by atoms with van der Waals surface area (Å²) in [5.74, 6) is -5.15. The lowest BCUT2D eigenvalue weighted by Gasteiger charge is -2.32. The number of methoxy groups -OCH3 is 1. The summed E-state index contributed by atoms with van der Waals surface area (Å²) in [5.41, 5.74) is 6.77. The summed E-state index contributed by atoms with van der Waals surface area (Å²) in [6.07, 6.45) is 5.89. The van der Waals surface area contributed by atoms with Crippen LogP contribution in [-0.4, -0.2) is 91.6 Å². The Kier molecular flexibility index (Phi) is 10.6. The number of hydrogen-bond donors (Lipinski definition) is 3. The second-order valence-electron chi connectivity index (χ2n) is 13.0. The fraction of sp³-hybridized carbons (Fsp3) is 0.486. The van der Waals surface area contributed by atoms with Crippen LogP contribution in [0.5, 0.6) is 11.5 Å². The third kappa shape index (κ3) is 7.73. The van der Waals surface area contributed by atoms with Gasteiger partial charge in [-0.3, -0.25) is 14.5 Å². The first-order valence-electron chi connectivity index (χ1n) is 17.0. The van der Waals surface area contributed by atoms with Gasteiger partial charge in [-0.15, -0.1) is 0 Å². The number of nitrogens with zero attached hydrogens (tertiary/aromatic N) is 5. The molecule has 2 aromatic carbocycles. The second-order valence-corrected chi connectivity index (χ2v) is 13.0. The summed E-state index contributed by atoms with van der Waals surface area (Å²) in [6.45, 7) is 2.43. The highest BCUT2D eigenvalue weighted by Crippen LogP contribution is 2.40. The molecule has 1 saturated heterocycles. The van der Waals surface area contributed by atoms with Crippen molar-refractivity contribution >= 4 is 35.0 Å². The van der Waals surface area contributed by atoms with E-state index in [0.29, 0.717) is 38.8 Å². The standard InChI is InChI=1S/C35H43F3N8O4/c1-44-29-19-40-34(43-31(29)46(24-5-3-4-6-24)21-35(37,38)33(44)48)42-28-18-27(36)26(17-30(28)49-2)32(47)41-23-11-14-45(15-12-23)20-22-7-9-25(10-8-22)50-16-13-39/h7-10,17-19,23-24H,3-6,11-16,20-21,39H2,1-2H3,(H,41,47)(H,40,42,43). The molecule has 2 amide bonds. The van der Waals surface area contributed by atoms with Gasteiger partial charge in [0.05, 0.1) is 31.1 Å². The molecule has 1 saturated carbocycles. The zero-order valence-electron chi connectivity index (χ0n) is 28.3. The van der Waals surface area contributed by atoms with Crippen molar-refractivity contribution < 1.29 is 32.2 Å². The van der Waals surface area contributed by atoms with Gasteiger partial charge in [-0.05, 0) is 49.4 Å². The first-order chi connectivity index (χ1) is 24.1. The van der Waals surface area contributed by atoms with Gasteiger partial charge in [0.2, 0.25) is 5.95 Å². The highest BCUT2D eigenvalue weighted by Gasteiger charge is 2.48. The van der Waals surface area contributed by atoms with Crippen LogP contribution in [0.15, 0.2) is 42.6 Å². The molecule has 50 heavy (non-hydrogen) atoms. The molecular weight excluding hydrogens is 653 g/mol. The molecule has 4 N–H and O–H groups in total. The van der Waals surface area contributed by atoms with Crippen LogP contribution < -0.4 is 35.6 Å². The van der Waals surface area contributed by atoms with E-state index in [9.17, 15) is 18.4 Å². The lowest BCUT2D eigenvalue weighted by atomic mass is 10.0. The van der Waals surface area contributed by atoms with Crippen molar-refractivity contribution in [2.24, 2.45) is 5.73 Å². The van der Waals surface area contributed by atoms with Crippen molar-refractivity contribution in [2.75, 3.05) is 62.1 Å². The van der Waals surface area contributed by atoms with E-state index < -0.39 is 30.1 Å². The van der Waals surface area contributed by atoms with Crippen LogP contribution in [0.4, 0.5) is 36.3 Å². The quantitative estimate of drug-likeness (QED) is 0.264. The topological polar surface area (TPSA) is 138 Å². The summed E-state index contributed by atoms with van der Waals surface area (Å²) in [7, 11) is 2.66. The van der Waals surface area contributed by atoms with E-state index in [-0.39, 0.29) is 46.5 Å². The molecule has 15 heteroatoms. The molecule has 0 atom stereocenters. The van der Waals surface area contributed by atoms with E-state index in [1.165, 1.54) is 31.3 Å². The Hall–Kier alpha value is -4.63. The molecule has 268 valence electrons. The molecule has 3 aliphatic rings. The van der Waals surface area contributed by atoms with Gasteiger partial charge in [0.15, 0.2) is 5.82 Å². The number of fused-ring (bicyclic) bond motifs is 1. The number of halogens is 3. The van der Waals surface area contributed by atoms with Crippen molar-refractivity contribution in [3.8, 4) is 11.5 Å². The number of ether oxygens (including phenoxy) is 2. The molecule has 2 fully saturated rings.